The van der Waals surface area contributed by atoms with Crippen molar-refractivity contribution in [3.8, 4) is 11.5 Å². The number of aliphatic carboxylic acids is 1. The lowest BCUT2D eigenvalue weighted by Crippen LogP contribution is -2.00. The summed E-state index contributed by atoms with van der Waals surface area (Å²) in [6.45, 7) is 5.51. The van der Waals surface area contributed by atoms with Crippen LogP contribution in [0.3, 0.4) is 0 Å². The van der Waals surface area contributed by atoms with Crippen molar-refractivity contribution in [2.45, 2.75) is 39.5 Å². The third-order valence-corrected chi connectivity index (χ3v) is 2.85. The zero-order valence-corrected chi connectivity index (χ0v) is 12.8. The molecule has 1 rings (SSSR count). The lowest BCUT2D eigenvalue weighted by molar-refractivity contribution is -0.131. The lowest BCUT2D eigenvalue weighted by Gasteiger charge is -2.11. The molecule has 0 unspecified atom stereocenters. The van der Waals surface area contributed by atoms with Gasteiger partial charge in [0.05, 0.1) is 13.2 Å². The Hall–Kier alpha value is -1.97. The van der Waals surface area contributed by atoms with E-state index in [9.17, 15) is 4.79 Å². The smallest absolute Gasteiger partial charge is 0.328 e. The Morgan fingerprint density at radius 2 is 1.57 bits per heavy atom. The minimum Gasteiger partial charge on any atom is -0.493 e. The molecule has 0 fully saturated rings. The van der Waals surface area contributed by atoms with Crippen LogP contribution in [0.25, 0.3) is 6.08 Å². The predicted molar refractivity (Wildman–Crippen MR) is 83.9 cm³/mol. The van der Waals surface area contributed by atoms with E-state index in [1.165, 1.54) is 0 Å². The molecule has 0 saturated carbocycles. The van der Waals surface area contributed by atoms with Gasteiger partial charge in [-0.25, -0.2) is 4.79 Å². The molecule has 0 radical (unpaired) electrons. The van der Waals surface area contributed by atoms with E-state index < -0.39 is 5.97 Å². The standard InChI is InChI=1S/C17H24O4/c1-3-5-9-20-15-11-14(7-8-17(18)19)12-16(13-15)21-10-6-4-2/h7-8,11-13H,3-6,9-10H2,1-2H3,(H,18,19)/b8-7+. The summed E-state index contributed by atoms with van der Waals surface area (Å²) in [6, 6.07) is 5.49. The second kappa shape index (κ2) is 9.86. The number of unbranched alkanes of at least 4 members (excludes halogenated alkanes) is 2. The van der Waals surface area contributed by atoms with Crippen molar-refractivity contribution in [3.63, 3.8) is 0 Å². The van der Waals surface area contributed by atoms with Gasteiger partial charge in [-0.3, -0.25) is 0 Å². The monoisotopic (exact) mass is 292 g/mol. The minimum absolute atomic E-state index is 0.650. The number of carboxylic acid groups (broad SMARTS) is 1. The molecule has 1 N–H and O–H groups in total. The summed E-state index contributed by atoms with van der Waals surface area (Å²) >= 11 is 0. The maximum Gasteiger partial charge on any atom is 0.328 e. The fourth-order valence-corrected chi connectivity index (χ4v) is 1.69. The van der Waals surface area contributed by atoms with Crippen LogP contribution in [0.2, 0.25) is 0 Å². The molecule has 0 saturated heterocycles. The van der Waals surface area contributed by atoms with Gasteiger partial charge in [0, 0.05) is 12.1 Å². The third-order valence-electron chi connectivity index (χ3n) is 2.85. The van der Waals surface area contributed by atoms with Crippen molar-refractivity contribution in [2.24, 2.45) is 0 Å². The maximum absolute atomic E-state index is 10.6. The molecule has 0 heterocycles. The van der Waals surface area contributed by atoms with Gasteiger partial charge in [-0.15, -0.1) is 0 Å². The zero-order valence-electron chi connectivity index (χ0n) is 12.8. The Bertz CT molecular complexity index is 438. The number of hydrogen-bond acceptors (Lipinski definition) is 3. The van der Waals surface area contributed by atoms with Gasteiger partial charge in [0.2, 0.25) is 0 Å². The van der Waals surface area contributed by atoms with E-state index in [0.717, 1.165) is 37.3 Å². The Morgan fingerprint density at radius 3 is 2.00 bits per heavy atom. The second-order valence-corrected chi connectivity index (χ2v) is 4.81. The summed E-state index contributed by atoms with van der Waals surface area (Å²) in [5, 5.41) is 8.71. The molecule has 0 aromatic heterocycles. The van der Waals surface area contributed by atoms with Crippen LogP contribution in [0.5, 0.6) is 11.5 Å². The lowest BCUT2D eigenvalue weighted by atomic mass is 10.2. The predicted octanol–water partition coefficient (Wildman–Crippen LogP) is 4.14. The van der Waals surface area contributed by atoms with E-state index in [2.05, 4.69) is 13.8 Å². The van der Waals surface area contributed by atoms with Crippen molar-refractivity contribution >= 4 is 12.0 Å². The molecule has 0 aliphatic rings. The first kappa shape index (κ1) is 17.1. The molecule has 0 spiro atoms. The molecule has 0 atom stereocenters. The van der Waals surface area contributed by atoms with Crippen molar-refractivity contribution in [1.29, 1.82) is 0 Å². The SMILES string of the molecule is CCCCOc1cc(/C=C/C(=O)O)cc(OCCCC)c1. The van der Waals surface area contributed by atoms with Gasteiger partial charge < -0.3 is 14.6 Å². The van der Waals surface area contributed by atoms with Gasteiger partial charge in [0.25, 0.3) is 0 Å². The van der Waals surface area contributed by atoms with E-state index >= 15 is 0 Å². The third kappa shape index (κ3) is 7.40. The highest BCUT2D eigenvalue weighted by molar-refractivity contribution is 5.85. The molecule has 0 aliphatic carbocycles. The largest absolute Gasteiger partial charge is 0.493 e. The van der Waals surface area contributed by atoms with Gasteiger partial charge in [-0.2, -0.15) is 0 Å². The van der Waals surface area contributed by atoms with Gasteiger partial charge in [-0.05, 0) is 36.6 Å². The van der Waals surface area contributed by atoms with Crippen molar-refractivity contribution in [2.75, 3.05) is 13.2 Å². The van der Waals surface area contributed by atoms with Crippen LogP contribution in [0.4, 0.5) is 0 Å². The number of carbonyl (C=O) groups is 1. The molecular weight excluding hydrogens is 268 g/mol. The van der Waals surface area contributed by atoms with E-state index in [0.29, 0.717) is 24.7 Å². The second-order valence-electron chi connectivity index (χ2n) is 4.81. The van der Waals surface area contributed by atoms with Crippen LogP contribution in [0.1, 0.15) is 45.1 Å². The summed E-state index contributed by atoms with van der Waals surface area (Å²) < 4.78 is 11.4. The number of rotatable bonds is 10. The summed E-state index contributed by atoms with van der Waals surface area (Å²) in [6.07, 6.45) is 6.77. The maximum atomic E-state index is 10.6. The van der Waals surface area contributed by atoms with Crippen LogP contribution in [0.15, 0.2) is 24.3 Å². The highest BCUT2D eigenvalue weighted by Gasteiger charge is 2.02. The normalized spacial score (nSPS) is 10.8. The van der Waals surface area contributed by atoms with Gasteiger partial charge in [0.15, 0.2) is 0 Å². The molecule has 116 valence electrons. The molecule has 0 amide bonds. The van der Waals surface area contributed by atoms with Crippen LogP contribution in [-0.2, 0) is 4.79 Å². The quantitative estimate of drug-likeness (QED) is 0.520. The van der Waals surface area contributed by atoms with E-state index in [4.69, 9.17) is 14.6 Å². The Balaban J connectivity index is 2.82. The average Bonchev–Trinajstić information content (AvgIpc) is 2.46. The van der Waals surface area contributed by atoms with Crippen molar-refractivity contribution < 1.29 is 19.4 Å². The van der Waals surface area contributed by atoms with Gasteiger partial charge >= 0.3 is 5.97 Å². The van der Waals surface area contributed by atoms with E-state index in [-0.39, 0.29) is 0 Å². The Labute approximate surface area is 126 Å². The topological polar surface area (TPSA) is 55.8 Å². The van der Waals surface area contributed by atoms with Crippen LogP contribution in [-0.4, -0.2) is 24.3 Å². The molecular formula is C17H24O4. The summed E-state index contributed by atoms with van der Waals surface area (Å²) in [7, 11) is 0. The van der Waals surface area contributed by atoms with E-state index in [1.807, 2.05) is 18.2 Å². The fourth-order valence-electron chi connectivity index (χ4n) is 1.69. The van der Waals surface area contributed by atoms with Crippen molar-refractivity contribution in [1.82, 2.24) is 0 Å². The first-order valence-electron chi connectivity index (χ1n) is 7.47. The van der Waals surface area contributed by atoms with Gasteiger partial charge in [-0.1, -0.05) is 26.7 Å². The highest BCUT2D eigenvalue weighted by Crippen LogP contribution is 2.24. The number of carboxylic acids is 1. The van der Waals surface area contributed by atoms with Crippen LogP contribution < -0.4 is 9.47 Å². The molecule has 1 aromatic rings. The van der Waals surface area contributed by atoms with Crippen LogP contribution in [0, 0.1) is 0 Å². The molecule has 1 aromatic carbocycles. The average molecular weight is 292 g/mol. The van der Waals surface area contributed by atoms with Crippen molar-refractivity contribution in [3.05, 3.63) is 29.8 Å². The number of hydrogen-bond donors (Lipinski definition) is 1. The van der Waals surface area contributed by atoms with E-state index in [1.54, 1.807) is 6.08 Å². The number of ether oxygens (including phenoxy) is 2. The fraction of sp³-hybridized carbons (Fsp3) is 0.471. The van der Waals surface area contributed by atoms with Gasteiger partial charge in [0.1, 0.15) is 11.5 Å². The molecule has 21 heavy (non-hydrogen) atoms. The molecule has 0 aliphatic heterocycles. The summed E-state index contributed by atoms with van der Waals surface area (Å²) in [5.74, 6) is 0.450. The zero-order chi connectivity index (χ0) is 15.5. The van der Waals surface area contributed by atoms with Crippen LogP contribution >= 0.6 is 0 Å². The molecule has 0 bridgehead atoms. The minimum atomic E-state index is -0.972. The first-order chi connectivity index (χ1) is 10.2. The highest BCUT2D eigenvalue weighted by atomic mass is 16.5. The first-order valence-corrected chi connectivity index (χ1v) is 7.47. The molecule has 4 nitrogen and oxygen atoms in total. The number of benzene rings is 1. The summed E-state index contributed by atoms with van der Waals surface area (Å²) in [4.78, 5) is 10.6. The Kier molecular flexibility index (Phi) is 8.02. The molecule has 4 heteroatoms. The Morgan fingerprint density at radius 1 is 1.05 bits per heavy atom. The summed E-state index contributed by atoms with van der Waals surface area (Å²) in [5.41, 5.74) is 0.762.